The number of benzene rings is 1. The van der Waals surface area contributed by atoms with E-state index in [9.17, 15) is 4.79 Å². The fourth-order valence-corrected chi connectivity index (χ4v) is 3.76. The molecule has 1 aliphatic rings. The predicted molar refractivity (Wildman–Crippen MR) is 100 cm³/mol. The van der Waals surface area contributed by atoms with Crippen LogP contribution in [0.1, 0.15) is 41.4 Å². The van der Waals surface area contributed by atoms with Crippen molar-refractivity contribution in [3.63, 3.8) is 0 Å². The minimum Gasteiger partial charge on any atom is -0.331 e. The van der Waals surface area contributed by atoms with Crippen LogP contribution in [0, 0.1) is 13.8 Å². The standard InChI is InChI=1S/C19H19N7O/c1-10-20-15(9-17(21-10)26-19(27)22-11(2)24-26)12-8-13(12)18-23-14-6-4-5-7-16(14)25(18)3/h4-7,9,12-13H,8H2,1-3H3,(H,22,24,27). The molecule has 0 spiro atoms. The third-order valence-corrected chi connectivity index (χ3v) is 5.12. The number of nitrogens with zero attached hydrogens (tertiary/aromatic N) is 6. The summed E-state index contributed by atoms with van der Waals surface area (Å²) in [5, 5.41) is 4.20. The van der Waals surface area contributed by atoms with Crippen LogP contribution in [0.25, 0.3) is 16.9 Å². The van der Waals surface area contributed by atoms with E-state index in [0.29, 0.717) is 23.4 Å². The molecule has 1 fully saturated rings. The van der Waals surface area contributed by atoms with Crippen molar-refractivity contribution in [1.82, 2.24) is 34.3 Å². The number of aromatic amines is 1. The fraction of sp³-hybridized carbons (Fsp3) is 0.316. The molecule has 3 heterocycles. The van der Waals surface area contributed by atoms with Gasteiger partial charge in [0.2, 0.25) is 0 Å². The average molecular weight is 361 g/mol. The van der Waals surface area contributed by atoms with Crippen molar-refractivity contribution >= 4 is 11.0 Å². The van der Waals surface area contributed by atoms with Crippen molar-refractivity contribution < 1.29 is 0 Å². The number of hydrogen-bond acceptors (Lipinski definition) is 5. The molecule has 5 rings (SSSR count). The van der Waals surface area contributed by atoms with E-state index < -0.39 is 0 Å². The van der Waals surface area contributed by atoms with E-state index in [0.717, 1.165) is 29.0 Å². The second kappa shape index (κ2) is 5.60. The van der Waals surface area contributed by atoms with Crippen LogP contribution in [0.4, 0.5) is 0 Å². The van der Waals surface area contributed by atoms with Crippen LogP contribution in [0.2, 0.25) is 0 Å². The Balaban J connectivity index is 1.52. The van der Waals surface area contributed by atoms with Crippen LogP contribution in [-0.2, 0) is 7.05 Å². The van der Waals surface area contributed by atoms with Crippen molar-refractivity contribution in [3.8, 4) is 5.82 Å². The molecular weight excluding hydrogens is 342 g/mol. The van der Waals surface area contributed by atoms with Gasteiger partial charge in [-0.1, -0.05) is 12.1 Å². The van der Waals surface area contributed by atoms with Gasteiger partial charge in [-0.25, -0.2) is 19.7 Å². The second-order valence-corrected chi connectivity index (χ2v) is 7.09. The van der Waals surface area contributed by atoms with Gasteiger partial charge in [-0.2, -0.15) is 4.68 Å². The zero-order valence-corrected chi connectivity index (χ0v) is 15.3. The summed E-state index contributed by atoms with van der Waals surface area (Å²) >= 11 is 0. The molecule has 136 valence electrons. The number of fused-ring (bicyclic) bond motifs is 1. The van der Waals surface area contributed by atoms with E-state index in [-0.39, 0.29) is 11.6 Å². The SMILES string of the molecule is Cc1nc(C2CC2c2nc3ccccc3n2C)cc(-n2nc(C)[nH]c2=O)n1. The Morgan fingerprint density at radius 2 is 1.93 bits per heavy atom. The van der Waals surface area contributed by atoms with Crippen molar-refractivity contribution in [2.75, 3.05) is 0 Å². The number of para-hydroxylation sites is 2. The molecule has 1 aromatic carbocycles. The maximum Gasteiger partial charge on any atom is 0.349 e. The average Bonchev–Trinajstić information content (AvgIpc) is 3.27. The van der Waals surface area contributed by atoms with E-state index in [1.165, 1.54) is 4.68 Å². The number of aryl methyl sites for hydroxylation is 3. The lowest BCUT2D eigenvalue weighted by molar-refractivity contribution is 0.768. The molecule has 2 unspecified atom stereocenters. The molecule has 0 amide bonds. The number of nitrogens with one attached hydrogen (secondary N) is 1. The molecule has 1 N–H and O–H groups in total. The fourth-order valence-electron chi connectivity index (χ4n) is 3.76. The Kier molecular flexibility index (Phi) is 3.30. The molecule has 0 radical (unpaired) electrons. The predicted octanol–water partition coefficient (Wildman–Crippen LogP) is 2.13. The van der Waals surface area contributed by atoms with Crippen LogP contribution in [0.5, 0.6) is 0 Å². The molecule has 0 saturated heterocycles. The van der Waals surface area contributed by atoms with Gasteiger partial charge in [0.1, 0.15) is 17.5 Å². The first kappa shape index (κ1) is 15.9. The van der Waals surface area contributed by atoms with Crippen LogP contribution in [0.15, 0.2) is 35.1 Å². The van der Waals surface area contributed by atoms with Crippen LogP contribution in [0.3, 0.4) is 0 Å². The summed E-state index contributed by atoms with van der Waals surface area (Å²) < 4.78 is 3.45. The van der Waals surface area contributed by atoms with Gasteiger partial charge in [0.15, 0.2) is 5.82 Å². The van der Waals surface area contributed by atoms with Gasteiger partial charge in [-0.05, 0) is 32.4 Å². The number of H-pyrrole nitrogens is 1. The van der Waals surface area contributed by atoms with E-state index >= 15 is 0 Å². The lowest BCUT2D eigenvalue weighted by atomic mass is 10.2. The molecule has 0 aliphatic heterocycles. The van der Waals surface area contributed by atoms with Gasteiger partial charge in [-0.3, -0.25) is 4.98 Å². The molecular formula is C19H19N7O. The maximum absolute atomic E-state index is 12.0. The highest BCUT2D eigenvalue weighted by Crippen LogP contribution is 2.54. The van der Waals surface area contributed by atoms with Gasteiger partial charge in [-0.15, -0.1) is 5.10 Å². The first-order valence-electron chi connectivity index (χ1n) is 8.94. The lowest BCUT2D eigenvalue weighted by Gasteiger charge is -2.06. The first-order chi connectivity index (χ1) is 13.0. The maximum atomic E-state index is 12.0. The Labute approximate surface area is 154 Å². The molecule has 3 aromatic heterocycles. The highest BCUT2D eigenvalue weighted by atomic mass is 16.2. The summed E-state index contributed by atoms with van der Waals surface area (Å²) in [4.78, 5) is 28.5. The molecule has 2 atom stereocenters. The molecule has 8 nitrogen and oxygen atoms in total. The van der Waals surface area contributed by atoms with Crippen molar-refractivity contribution in [1.29, 1.82) is 0 Å². The van der Waals surface area contributed by atoms with Crippen molar-refractivity contribution in [2.24, 2.45) is 7.05 Å². The summed E-state index contributed by atoms with van der Waals surface area (Å²) in [5.74, 6) is 3.36. The second-order valence-electron chi connectivity index (χ2n) is 7.09. The largest absolute Gasteiger partial charge is 0.349 e. The molecule has 27 heavy (non-hydrogen) atoms. The van der Waals surface area contributed by atoms with Gasteiger partial charge in [0.25, 0.3) is 0 Å². The van der Waals surface area contributed by atoms with Crippen LogP contribution >= 0.6 is 0 Å². The molecule has 8 heteroatoms. The van der Waals surface area contributed by atoms with Crippen molar-refractivity contribution in [2.45, 2.75) is 32.1 Å². The first-order valence-corrected chi connectivity index (χ1v) is 8.94. The summed E-state index contributed by atoms with van der Waals surface area (Å²) in [5.41, 5.74) is 2.79. The van der Waals surface area contributed by atoms with Crippen LogP contribution < -0.4 is 5.69 Å². The Hall–Kier alpha value is -3.29. The zero-order valence-electron chi connectivity index (χ0n) is 15.3. The summed E-state index contributed by atoms with van der Waals surface area (Å²) in [6, 6.07) is 10.0. The minimum absolute atomic E-state index is 0.275. The molecule has 1 aliphatic carbocycles. The zero-order chi connectivity index (χ0) is 18.7. The quantitative estimate of drug-likeness (QED) is 0.603. The van der Waals surface area contributed by atoms with E-state index in [1.54, 1.807) is 6.92 Å². The summed E-state index contributed by atoms with van der Waals surface area (Å²) in [6.45, 7) is 3.58. The smallest absolute Gasteiger partial charge is 0.331 e. The third-order valence-electron chi connectivity index (χ3n) is 5.12. The highest BCUT2D eigenvalue weighted by Gasteiger charge is 2.44. The van der Waals surface area contributed by atoms with Gasteiger partial charge in [0.05, 0.1) is 16.7 Å². The van der Waals surface area contributed by atoms with Crippen LogP contribution in [-0.4, -0.2) is 34.3 Å². The van der Waals surface area contributed by atoms with E-state index in [1.807, 2.05) is 31.2 Å². The molecule has 4 aromatic rings. The minimum atomic E-state index is -0.292. The topological polar surface area (TPSA) is 94.3 Å². The molecule has 0 bridgehead atoms. The van der Waals surface area contributed by atoms with E-state index in [4.69, 9.17) is 4.98 Å². The van der Waals surface area contributed by atoms with Gasteiger partial charge >= 0.3 is 5.69 Å². The van der Waals surface area contributed by atoms with E-state index in [2.05, 4.69) is 37.7 Å². The van der Waals surface area contributed by atoms with Crippen molar-refractivity contribution in [3.05, 3.63) is 64.0 Å². The van der Waals surface area contributed by atoms with Gasteiger partial charge < -0.3 is 4.57 Å². The highest BCUT2D eigenvalue weighted by molar-refractivity contribution is 5.76. The normalized spacial score (nSPS) is 18.9. The molecule has 1 saturated carbocycles. The summed E-state index contributed by atoms with van der Waals surface area (Å²) in [7, 11) is 2.06. The van der Waals surface area contributed by atoms with Gasteiger partial charge in [0, 0.05) is 24.9 Å². The number of imidazole rings is 1. The Morgan fingerprint density at radius 1 is 1.11 bits per heavy atom. The number of aromatic nitrogens is 7. The number of rotatable bonds is 3. The lowest BCUT2D eigenvalue weighted by Crippen LogP contribution is -2.18. The monoisotopic (exact) mass is 361 g/mol. The Bertz CT molecular complexity index is 1230. The third kappa shape index (κ3) is 2.56. The number of hydrogen-bond donors (Lipinski definition) is 1. The summed E-state index contributed by atoms with van der Waals surface area (Å²) in [6.07, 6.45) is 0.988. The Morgan fingerprint density at radius 3 is 2.67 bits per heavy atom.